The smallest absolute Gasteiger partial charge is 0.260 e. The van der Waals surface area contributed by atoms with E-state index in [9.17, 15) is 13.6 Å². The summed E-state index contributed by atoms with van der Waals surface area (Å²) in [4.78, 5) is 25.7. The lowest BCUT2D eigenvalue weighted by Gasteiger charge is -2.12. The molecule has 1 fully saturated rings. The minimum atomic E-state index is -2.93. The molecule has 170 valence electrons. The van der Waals surface area contributed by atoms with E-state index < -0.39 is 24.2 Å². The summed E-state index contributed by atoms with van der Waals surface area (Å²) in [5, 5.41) is 7.94. The molecule has 1 aliphatic rings. The Morgan fingerprint density at radius 2 is 1.97 bits per heavy atom. The van der Waals surface area contributed by atoms with Gasteiger partial charge in [0.2, 0.25) is 5.91 Å². The number of carbonyl (C=O) groups excluding carboxylic acids is 1. The molecule has 9 heteroatoms. The third-order valence-corrected chi connectivity index (χ3v) is 6.01. The predicted octanol–water partition coefficient (Wildman–Crippen LogP) is 4.76. The fourth-order valence-corrected chi connectivity index (χ4v) is 4.08. The molecule has 5 rings (SSSR count). The van der Waals surface area contributed by atoms with Crippen molar-refractivity contribution in [3.05, 3.63) is 47.7 Å². The molecule has 33 heavy (non-hydrogen) atoms. The zero-order valence-corrected chi connectivity index (χ0v) is 18.7. The first-order valence-electron chi connectivity index (χ1n) is 11.1. The van der Waals surface area contributed by atoms with Crippen LogP contribution in [0.25, 0.3) is 27.7 Å². The minimum Gasteiger partial charge on any atom is -0.310 e. The van der Waals surface area contributed by atoms with Gasteiger partial charge in [0.1, 0.15) is 11.7 Å². The van der Waals surface area contributed by atoms with Crippen molar-refractivity contribution in [3.63, 3.8) is 0 Å². The molecule has 1 atom stereocenters. The molecule has 0 bridgehead atoms. The van der Waals surface area contributed by atoms with Gasteiger partial charge in [0.25, 0.3) is 5.92 Å². The summed E-state index contributed by atoms with van der Waals surface area (Å²) in [6, 6.07) is 5.73. The van der Waals surface area contributed by atoms with Gasteiger partial charge in [-0.2, -0.15) is 5.10 Å². The zero-order valence-electron chi connectivity index (χ0n) is 18.7. The van der Waals surface area contributed by atoms with E-state index in [-0.39, 0.29) is 5.82 Å². The second kappa shape index (κ2) is 7.83. The molecule has 1 saturated carbocycles. The SMILES string of the molecule is CCCc1cc(C)c(-c2cc3cnc(NC(=O)C4CC4(F)F)cc3n3nc(CC)nc23)cn1. The number of hydrogen-bond acceptors (Lipinski definition) is 5. The number of aromatic nitrogens is 5. The fraction of sp³-hybridized carbons (Fsp3) is 0.375. The number of rotatable bonds is 6. The number of anilines is 1. The predicted molar refractivity (Wildman–Crippen MR) is 121 cm³/mol. The lowest BCUT2D eigenvalue weighted by atomic mass is 10.0. The highest BCUT2D eigenvalue weighted by molar-refractivity contribution is 5.97. The highest BCUT2D eigenvalue weighted by atomic mass is 19.3. The third-order valence-electron chi connectivity index (χ3n) is 6.01. The number of halogens is 2. The summed E-state index contributed by atoms with van der Waals surface area (Å²) in [6.45, 7) is 6.16. The van der Waals surface area contributed by atoms with Gasteiger partial charge < -0.3 is 5.32 Å². The van der Waals surface area contributed by atoms with Crippen LogP contribution in [-0.4, -0.2) is 36.4 Å². The maximum absolute atomic E-state index is 13.2. The van der Waals surface area contributed by atoms with Crippen LogP contribution in [-0.2, 0) is 17.6 Å². The molecular weight excluding hydrogens is 426 g/mol. The van der Waals surface area contributed by atoms with Gasteiger partial charge in [-0.05, 0) is 31.0 Å². The largest absolute Gasteiger partial charge is 0.310 e. The summed E-state index contributed by atoms with van der Waals surface area (Å²) in [5.74, 6) is -4.05. The first-order chi connectivity index (χ1) is 15.8. The third kappa shape index (κ3) is 3.81. The van der Waals surface area contributed by atoms with Gasteiger partial charge >= 0.3 is 0 Å². The van der Waals surface area contributed by atoms with Gasteiger partial charge in [0, 0.05) is 53.5 Å². The Labute approximate surface area is 189 Å². The number of fused-ring (bicyclic) bond motifs is 3. The van der Waals surface area contributed by atoms with E-state index in [0.717, 1.165) is 40.6 Å². The van der Waals surface area contributed by atoms with E-state index in [1.54, 1.807) is 16.8 Å². The summed E-state index contributed by atoms with van der Waals surface area (Å²) < 4.78 is 28.2. The topological polar surface area (TPSA) is 85.1 Å². The average Bonchev–Trinajstić information content (AvgIpc) is 3.22. The standard InChI is InChI=1S/C24H24F2N6O/c1-4-6-15-7-13(3)17(12-27-15)16-8-14-11-28-21(30-23(33)18-10-24(18,25)26)9-19(14)32-22(16)29-20(5-2)31-32/h7-9,11-12,18H,4-6,10H2,1-3H3,(H,28,30,33). The quantitative estimate of drug-likeness (QED) is 0.458. The zero-order chi connectivity index (χ0) is 23.3. The molecule has 4 heterocycles. The number of amides is 1. The summed E-state index contributed by atoms with van der Waals surface area (Å²) in [5.41, 5.74) is 5.35. The van der Waals surface area contributed by atoms with Crippen molar-refractivity contribution in [1.29, 1.82) is 0 Å². The minimum absolute atomic E-state index is 0.208. The fourth-order valence-electron chi connectivity index (χ4n) is 4.08. The molecular formula is C24H24F2N6O. The lowest BCUT2D eigenvalue weighted by molar-refractivity contribution is -0.119. The maximum Gasteiger partial charge on any atom is 0.260 e. The van der Waals surface area contributed by atoms with Crippen LogP contribution in [0.3, 0.4) is 0 Å². The molecule has 0 spiro atoms. The van der Waals surface area contributed by atoms with Crippen molar-refractivity contribution >= 4 is 28.3 Å². The van der Waals surface area contributed by atoms with Gasteiger partial charge in [-0.3, -0.25) is 9.78 Å². The molecule has 0 aromatic carbocycles. The Hall–Kier alpha value is -3.49. The van der Waals surface area contributed by atoms with Crippen molar-refractivity contribution in [3.8, 4) is 11.1 Å². The van der Waals surface area contributed by atoms with Crippen LogP contribution in [0.4, 0.5) is 14.6 Å². The van der Waals surface area contributed by atoms with Gasteiger partial charge in [-0.15, -0.1) is 0 Å². The Morgan fingerprint density at radius 1 is 1.18 bits per heavy atom. The van der Waals surface area contributed by atoms with Gasteiger partial charge in [0.05, 0.1) is 5.52 Å². The number of pyridine rings is 3. The Balaban J connectivity index is 1.61. The highest BCUT2D eigenvalue weighted by Crippen LogP contribution is 2.49. The van der Waals surface area contributed by atoms with Crippen molar-refractivity contribution in [2.24, 2.45) is 5.92 Å². The van der Waals surface area contributed by atoms with Crippen LogP contribution in [0.5, 0.6) is 0 Å². The van der Waals surface area contributed by atoms with Crippen molar-refractivity contribution in [2.75, 3.05) is 5.32 Å². The van der Waals surface area contributed by atoms with E-state index in [4.69, 9.17) is 4.98 Å². The number of nitrogens with one attached hydrogen (secondary N) is 1. The van der Waals surface area contributed by atoms with E-state index in [1.807, 2.05) is 19.2 Å². The van der Waals surface area contributed by atoms with E-state index >= 15 is 0 Å². The second-order valence-electron chi connectivity index (χ2n) is 8.55. The molecule has 0 saturated heterocycles. The number of carbonyl (C=O) groups is 1. The highest BCUT2D eigenvalue weighted by Gasteiger charge is 2.61. The first-order valence-corrected chi connectivity index (χ1v) is 11.1. The molecule has 7 nitrogen and oxygen atoms in total. The monoisotopic (exact) mass is 450 g/mol. The Morgan fingerprint density at radius 3 is 2.64 bits per heavy atom. The van der Waals surface area contributed by atoms with Crippen LogP contribution in [0.1, 0.15) is 43.8 Å². The van der Waals surface area contributed by atoms with Crippen LogP contribution in [0, 0.1) is 12.8 Å². The van der Waals surface area contributed by atoms with Gasteiger partial charge in [0.15, 0.2) is 11.5 Å². The Bertz CT molecular complexity index is 1400. The van der Waals surface area contributed by atoms with Gasteiger partial charge in [-0.25, -0.2) is 23.3 Å². The van der Waals surface area contributed by atoms with Crippen molar-refractivity contribution in [2.45, 2.75) is 52.4 Å². The first kappa shape index (κ1) is 21.4. The molecule has 0 aliphatic heterocycles. The normalized spacial score (nSPS) is 16.9. The van der Waals surface area contributed by atoms with Crippen LogP contribution < -0.4 is 5.32 Å². The molecule has 1 aliphatic carbocycles. The molecule has 1 N–H and O–H groups in total. The van der Waals surface area contributed by atoms with Crippen LogP contribution in [0.2, 0.25) is 0 Å². The van der Waals surface area contributed by atoms with Crippen molar-refractivity contribution < 1.29 is 13.6 Å². The van der Waals surface area contributed by atoms with E-state index in [2.05, 4.69) is 40.3 Å². The molecule has 4 aromatic heterocycles. The molecule has 0 radical (unpaired) electrons. The Kier molecular flexibility index (Phi) is 5.07. The molecule has 1 amide bonds. The number of alkyl halides is 2. The number of hydrogen-bond donors (Lipinski definition) is 1. The second-order valence-corrected chi connectivity index (χ2v) is 8.55. The van der Waals surface area contributed by atoms with E-state index in [1.165, 1.54) is 0 Å². The molecule has 4 aromatic rings. The van der Waals surface area contributed by atoms with Crippen LogP contribution in [0.15, 0.2) is 30.6 Å². The van der Waals surface area contributed by atoms with E-state index in [0.29, 0.717) is 23.4 Å². The summed E-state index contributed by atoms with van der Waals surface area (Å²) >= 11 is 0. The van der Waals surface area contributed by atoms with Crippen molar-refractivity contribution in [1.82, 2.24) is 24.6 Å². The average molecular weight is 450 g/mol. The number of aryl methyl sites for hydroxylation is 3. The maximum atomic E-state index is 13.2. The van der Waals surface area contributed by atoms with Gasteiger partial charge in [-0.1, -0.05) is 20.3 Å². The number of nitrogens with zero attached hydrogens (tertiary/aromatic N) is 5. The lowest BCUT2D eigenvalue weighted by Crippen LogP contribution is -2.18. The summed E-state index contributed by atoms with van der Waals surface area (Å²) in [6.07, 6.45) is 5.66. The summed E-state index contributed by atoms with van der Waals surface area (Å²) in [7, 11) is 0. The molecule has 1 unspecified atom stereocenters. The van der Waals surface area contributed by atoms with Crippen LogP contribution >= 0.6 is 0 Å².